The molecule has 29 heavy (non-hydrogen) atoms. The van der Waals surface area contributed by atoms with Gasteiger partial charge in [0.2, 0.25) is 5.91 Å². The second-order valence-electron chi connectivity index (χ2n) is 6.49. The van der Waals surface area contributed by atoms with E-state index in [2.05, 4.69) is 4.40 Å². The molecule has 0 saturated carbocycles. The zero-order valence-corrected chi connectivity index (χ0v) is 17.4. The van der Waals surface area contributed by atoms with Crippen LogP contribution in [0.5, 0.6) is 5.75 Å². The van der Waals surface area contributed by atoms with Crippen LogP contribution in [0.25, 0.3) is 10.8 Å². The maximum absolute atomic E-state index is 13.0. The smallest absolute Gasteiger partial charge is 0.284 e. The maximum atomic E-state index is 13.0. The Bertz CT molecular complexity index is 1220. The zero-order valence-electron chi connectivity index (χ0n) is 15.8. The van der Waals surface area contributed by atoms with Crippen LogP contribution in [0.2, 0.25) is 0 Å². The Balaban J connectivity index is 1.75. The largest absolute Gasteiger partial charge is 0.497 e. The Morgan fingerprint density at radius 3 is 2.38 bits per heavy atom. The van der Waals surface area contributed by atoms with Crippen LogP contribution in [-0.4, -0.2) is 31.9 Å². The minimum atomic E-state index is -3.99. The van der Waals surface area contributed by atoms with E-state index in [-0.39, 0.29) is 16.0 Å². The zero-order chi connectivity index (χ0) is 20.6. The van der Waals surface area contributed by atoms with Crippen molar-refractivity contribution < 1.29 is 17.9 Å². The molecule has 8 heteroatoms. The Morgan fingerprint density at radius 2 is 1.69 bits per heavy atom. The second kappa shape index (κ2) is 7.53. The normalized spacial score (nSPS) is 18.6. The Kier molecular flexibility index (Phi) is 5.06. The molecule has 1 aliphatic heterocycles. The lowest BCUT2D eigenvalue weighted by molar-refractivity contribution is -0.116. The van der Waals surface area contributed by atoms with Crippen LogP contribution in [0, 0.1) is 0 Å². The van der Waals surface area contributed by atoms with Crippen molar-refractivity contribution in [3.8, 4) is 5.75 Å². The maximum Gasteiger partial charge on any atom is 0.284 e. The average Bonchev–Trinajstić information content (AvgIpc) is 3.00. The second-order valence-corrected chi connectivity index (χ2v) is 9.40. The van der Waals surface area contributed by atoms with E-state index in [1.807, 2.05) is 24.3 Å². The van der Waals surface area contributed by atoms with Gasteiger partial charge in [-0.3, -0.25) is 9.69 Å². The van der Waals surface area contributed by atoms with Crippen LogP contribution in [0.4, 0.5) is 5.69 Å². The quantitative estimate of drug-likeness (QED) is 0.629. The standard InChI is InChI=1S/C21H18N2O4S2/c1-14-20(24)23(17-8-10-18(27-2)11-9-17)21(28-14)22-29(25,26)19-12-7-15-5-3-4-6-16(15)13-19/h3-14H,1-2H3/t14-/m0/s1. The molecule has 3 aromatic rings. The number of carbonyl (C=O) groups is 1. The minimum absolute atomic E-state index is 0.0889. The first-order valence-electron chi connectivity index (χ1n) is 8.87. The van der Waals surface area contributed by atoms with Gasteiger partial charge in [0.15, 0.2) is 5.17 Å². The Hall–Kier alpha value is -2.84. The summed E-state index contributed by atoms with van der Waals surface area (Å²) in [6, 6.07) is 19.2. The van der Waals surface area contributed by atoms with Crippen LogP contribution < -0.4 is 9.64 Å². The number of ether oxygens (including phenoxy) is 1. The monoisotopic (exact) mass is 426 g/mol. The molecule has 0 radical (unpaired) electrons. The summed E-state index contributed by atoms with van der Waals surface area (Å²) < 4.78 is 35.1. The van der Waals surface area contributed by atoms with Gasteiger partial charge in [0.1, 0.15) is 5.75 Å². The number of amides is 1. The molecule has 0 unspecified atom stereocenters. The molecule has 1 saturated heterocycles. The summed E-state index contributed by atoms with van der Waals surface area (Å²) in [5.74, 6) is 0.427. The lowest BCUT2D eigenvalue weighted by Crippen LogP contribution is -2.31. The summed E-state index contributed by atoms with van der Waals surface area (Å²) in [6.07, 6.45) is 0. The highest BCUT2D eigenvalue weighted by Crippen LogP contribution is 2.34. The summed E-state index contributed by atoms with van der Waals surface area (Å²) in [5.41, 5.74) is 0.542. The van der Waals surface area contributed by atoms with E-state index in [9.17, 15) is 13.2 Å². The minimum Gasteiger partial charge on any atom is -0.497 e. The molecule has 4 rings (SSSR count). The van der Waals surface area contributed by atoms with Crippen molar-refractivity contribution in [1.82, 2.24) is 0 Å². The fourth-order valence-corrected chi connectivity index (χ4v) is 5.25. The van der Waals surface area contributed by atoms with E-state index < -0.39 is 15.3 Å². The molecule has 1 heterocycles. The van der Waals surface area contributed by atoms with Gasteiger partial charge in [0.25, 0.3) is 10.0 Å². The van der Waals surface area contributed by atoms with Gasteiger partial charge in [0, 0.05) is 0 Å². The van der Waals surface area contributed by atoms with Crippen molar-refractivity contribution in [2.75, 3.05) is 12.0 Å². The number of benzene rings is 3. The van der Waals surface area contributed by atoms with Gasteiger partial charge in [-0.2, -0.15) is 8.42 Å². The van der Waals surface area contributed by atoms with E-state index >= 15 is 0 Å². The summed E-state index contributed by atoms with van der Waals surface area (Å²) in [6.45, 7) is 1.73. The number of hydrogen-bond donors (Lipinski definition) is 0. The number of thioether (sulfide) groups is 1. The van der Waals surface area contributed by atoms with Crippen molar-refractivity contribution in [1.29, 1.82) is 0 Å². The van der Waals surface area contributed by atoms with Gasteiger partial charge in [0.05, 0.1) is 22.9 Å². The molecular formula is C21H18N2O4S2. The van der Waals surface area contributed by atoms with Gasteiger partial charge in [-0.25, -0.2) is 0 Å². The number of anilines is 1. The first-order valence-corrected chi connectivity index (χ1v) is 11.2. The Labute approximate surface area is 173 Å². The van der Waals surface area contributed by atoms with Crippen molar-refractivity contribution >= 4 is 49.3 Å². The van der Waals surface area contributed by atoms with Crippen molar-refractivity contribution in [2.45, 2.75) is 17.1 Å². The highest BCUT2D eigenvalue weighted by Gasteiger charge is 2.37. The predicted molar refractivity (Wildman–Crippen MR) is 116 cm³/mol. The number of nitrogens with zero attached hydrogens (tertiary/aromatic N) is 2. The van der Waals surface area contributed by atoms with Crippen LogP contribution in [0.1, 0.15) is 6.92 Å². The number of carbonyl (C=O) groups excluding carboxylic acids is 1. The Morgan fingerprint density at radius 1 is 1.00 bits per heavy atom. The lowest BCUT2D eigenvalue weighted by atomic mass is 10.1. The average molecular weight is 427 g/mol. The number of amidine groups is 1. The lowest BCUT2D eigenvalue weighted by Gasteiger charge is -2.16. The third-order valence-electron chi connectivity index (χ3n) is 4.59. The summed E-state index contributed by atoms with van der Waals surface area (Å²) in [4.78, 5) is 14.1. The van der Waals surface area contributed by atoms with E-state index in [0.29, 0.717) is 11.4 Å². The summed E-state index contributed by atoms with van der Waals surface area (Å²) in [7, 11) is -2.43. The fourth-order valence-electron chi connectivity index (χ4n) is 3.05. The molecule has 0 N–H and O–H groups in total. The molecule has 148 valence electrons. The third kappa shape index (κ3) is 3.73. The topological polar surface area (TPSA) is 76.0 Å². The van der Waals surface area contributed by atoms with Crippen molar-refractivity contribution in [2.24, 2.45) is 4.40 Å². The molecule has 1 aliphatic rings. The highest BCUT2D eigenvalue weighted by molar-refractivity contribution is 8.16. The predicted octanol–water partition coefficient (Wildman–Crippen LogP) is 4.06. The van der Waals surface area contributed by atoms with Crippen molar-refractivity contribution in [3.63, 3.8) is 0 Å². The summed E-state index contributed by atoms with van der Waals surface area (Å²) in [5, 5.41) is 1.46. The number of fused-ring (bicyclic) bond motifs is 1. The van der Waals surface area contributed by atoms with Crippen molar-refractivity contribution in [3.05, 3.63) is 66.7 Å². The van der Waals surface area contributed by atoms with Gasteiger partial charge in [-0.05, 0) is 54.1 Å². The fraction of sp³-hybridized carbons (Fsp3) is 0.143. The molecule has 0 bridgehead atoms. The third-order valence-corrected chi connectivity index (χ3v) is 7.01. The molecule has 1 fully saturated rings. The highest BCUT2D eigenvalue weighted by atomic mass is 32.2. The van der Waals surface area contributed by atoms with Gasteiger partial charge in [-0.15, -0.1) is 4.40 Å². The number of hydrogen-bond acceptors (Lipinski definition) is 5. The molecule has 0 aliphatic carbocycles. The van der Waals surface area contributed by atoms with E-state index in [4.69, 9.17) is 4.74 Å². The molecule has 3 aromatic carbocycles. The van der Waals surface area contributed by atoms with Crippen LogP contribution in [0.3, 0.4) is 0 Å². The molecule has 0 spiro atoms. The van der Waals surface area contributed by atoms with E-state index in [0.717, 1.165) is 22.5 Å². The van der Waals surface area contributed by atoms with Crippen LogP contribution in [0.15, 0.2) is 76.0 Å². The van der Waals surface area contributed by atoms with E-state index in [1.165, 1.54) is 11.0 Å². The molecule has 1 atom stereocenters. The first-order chi connectivity index (χ1) is 13.9. The van der Waals surface area contributed by atoms with E-state index in [1.54, 1.807) is 50.4 Å². The number of sulfonamides is 1. The van der Waals surface area contributed by atoms with Crippen LogP contribution >= 0.6 is 11.8 Å². The molecule has 0 aromatic heterocycles. The van der Waals surface area contributed by atoms with Gasteiger partial charge < -0.3 is 4.74 Å². The van der Waals surface area contributed by atoms with Gasteiger partial charge >= 0.3 is 0 Å². The molecular weight excluding hydrogens is 408 g/mol. The number of methoxy groups -OCH3 is 1. The summed E-state index contributed by atoms with van der Waals surface area (Å²) >= 11 is 1.13. The number of rotatable bonds is 4. The van der Waals surface area contributed by atoms with Gasteiger partial charge in [-0.1, -0.05) is 42.1 Å². The first kappa shape index (κ1) is 19.5. The SMILES string of the molecule is COc1ccc(N2C(=O)[C@H](C)SC2=NS(=O)(=O)c2ccc3ccccc3c2)cc1. The molecule has 6 nitrogen and oxygen atoms in total. The van der Waals surface area contributed by atoms with Crippen LogP contribution in [-0.2, 0) is 14.8 Å². The molecule has 1 amide bonds.